The third-order valence-electron chi connectivity index (χ3n) is 6.98. The van der Waals surface area contributed by atoms with Crippen molar-refractivity contribution in [3.63, 3.8) is 0 Å². The Kier molecular flexibility index (Phi) is 7.24. The van der Waals surface area contributed by atoms with Gasteiger partial charge in [-0.05, 0) is 75.2 Å². The van der Waals surface area contributed by atoms with E-state index in [1.54, 1.807) is 6.21 Å². The van der Waals surface area contributed by atoms with Crippen LogP contribution in [0.2, 0.25) is 0 Å². The van der Waals surface area contributed by atoms with Crippen LogP contribution in [0.3, 0.4) is 0 Å². The summed E-state index contributed by atoms with van der Waals surface area (Å²) < 4.78 is 9.86. The van der Waals surface area contributed by atoms with Gasteiger partial charge in [0.25, 0.3) is 5.56 Å². The van der Waals surface area contributed by atoms with Crippen molar-refractivity contribution in [2.75, 3.05) is 6.61 Å². The third-order valence-corrected chi connectivity index (χ3v) is 7.48. The van der Waals surface area contributed by atoms with Crippen molar-refractivity contribution in [3.05, 3.63) is 86.1 Å². The fourth-order valence-electron chi connectivity index (χ4n) is 5.15. The predicted octanol–water partition coefficient (Wildman–Crippen LogP) is 6.40. The maximum Gasteiger partial charge on any atom is 0.282 e. The SMILES string of the molecule is Cc1cc(C=Nn2c(C3CCCCC3)nc3ccc(Br)cc3c2=O)c(C)n1-c1ccc(OCC#N)cc1. The highest BCUT2D eigenvalue weighted by Crippen LogP contribution is 2.32. The average Bonchev–Trinajstić information content (AvgIpc) is 3.20. The Morgan fingerprint density at radius 3 is 2.62 bits per heavy atom. The van der Waals surface area contributed by atoms with Crippen molar-refractivity contribution in [1.82, 2.24) is 14.2 Å². The van der Waals surface area contributed by atoms with E-state index in [1.165, 1.54) is 11.1 Å². The molecule has 0 N–H and O–H groups in total. The zero-order chi connectivity index (χ0) is 25.9. The van der Waals surface area contributed by atoms with E-state index in [2.05, 4.69) is 26.6 Å². The summed E-state index contributed by atoms with van der Waals surface area (Å²) in [5.74, 6) is 1.62. The molecule has 0 unspecified atom stereocenters. The molecule has 4 aromatic rings. The van der Waals surface area contributed by atoms with Gasteiger partial charge in [0.1, 0.15) is 17.6 Å². The van der Waals surface area contributed by atoms with Gasteiger partial charge in [0.05, 0.1) is 17.1 Å². The molecule has 2 heterocycles. The predicted molar refractivity (Wildman–Crippen MR) is 149 cm³/mol. The van der Waals surface area contributed by atoms with E-state index in [4.69, 9.17) is 20.1 Å². The Bertz CT molecular complexity index is 1570. The van der Waals surface area contributed by atoms with E-state index in [9.17, 15) is 4.79 Å². The molecular weight excluding hydrogens is 530 g/mol. The molecule has 1 aliphatic rings. The molecule has 8 heteroatoms. The molecule has 0 radical (unpaired) electrons. The van der Waals surface area contributed by atoms with E-state index >= 15 is 0 Å². The Labute approximate surface area is 224 Å². The first-order chi connectivity index (χ1) is 18.0. The van der Waals surface area contributed by atoms with Gasteiger partial charge in [-0.3, -0.25) is 4.79 Å². The van der Waals surface area contributed by atoms with Crippen molar-refractivity contribution in [2.24, 2.45) is 5.10 Å². The van der Waals surface area contributed by atoms with Crippen LogP contribution in [0, 0.1) is 25.2 Å². The maximum atomic E-state index is 13.6. The third kappa shape index (κ3) is 5.09. The standard InChI is InChI=1S/C29H28BrN5O2/c1-19-16-22(20(2)34(19)24-9-11-25(12-10-24)37-15-14-31)18-32-35-28(21-6-4-3-5-7-21)33-27-13-8-23(30)17-26(27)29(35)36/h8-13,16-18,21H,3-7,15H2,1-2H3. The number of nitriles is 1. The minimum absolute atomic E-state index is 0.0182. The number of halogens is 1. The molecule has 7 nitrogen and oxygen atoms in total. The van der Waals surface area contributed by atoms with E-state index < -0.39 is 0 Å². The fraction of sp³-hybridized carbons (Fsp3) is 0.310. The molecule has 0 atom stereocenters. The summed E-state index contributed by atoms with van der Waals surface area (Å²) in [4.78, 5) is 18.5. The second kappa shape index (κ2) is 10.7. The van der Waals surface area contributed by atoms with Gasteiger partial charge in [-0.2, -0.15) is 15.0 Å². The minimum Gasteiger partial charge on any atom is -0.479 e. The molecule has 1 fully saturated rings. The maximum absolute atomic E-state index is 13.6. The lowest BCUT2D eigenvalue weighted by Crippen LogP contribution is -2.25. The summed E-state index contributed by atoms with van der Waals surface area (Å²) in [7, 11) is 0. The quantitative estimate of drug-likeness (QED) is 0.257. The second-order valence-electron chi connectivity index (χ2n) is 9.43. The van der Waals surface area contributed by atoms with Crippen molar-refractivity contribution in [1.29, 1.82) is 5.26 Å². The summed E-state index contributed by atoms with van der Waals surface area (Å²) in [6.45, 7) is 4.10. The fourth-order valence-corrected chi connectivity index (χ4v) is 5.51. The normalized spacial score (nSPS) is 14.3. The Hall–Kier alpha value is -3.70. The lowest BCUT2D eigenvalue weighted by molar-refractivity contribution is 0.368. The van der Waals surface area contributed by atoms with Crippen LogP contribution in [0.1, 0.15) is 60.8 Å². The zero-order valence-corrected chi connectivity index (χ0v) is 22.5. The number of ether oxygens (including phenoxy) is 1. The van der Waals surface area contributed by atoms with Crippen molar-refractivity contribution < 1.29 is 4.74 Å². The first-order valence-corrected chi connectivity index (χ1v) is 13.3. The summed E-state index contributed by atoms with van der Waals surface area (Å²) in [5.41, 5.74) is 4.53. The topological polar surface area (TPSA) is 85.2 Å². The zero-order valence-electron chi connectivity index (χ0n) is 20.9. The monoisotopic (exact) mass is 557 g/mol. The van der Waals surface area contributed by atoms with Crippen LogP contribution in [0.4, 0.5) is 0 Å². The minimum atomic E-state index is -0.148. The van der Waals surface area contributed by atoms with Gasteiger partial charge in [-0.15, -0.1) is 0 Å². The molecule has 5 rings (SSSR count). The number of hydrogen-bond donors (Lipinski definition) is 0. The van der Waals surface area contributed by atoms with Crippen LogP contribution in [0.25, 0.3) is 16.6 Å². The van der Waals surface area contributed by atoms with Crippen molar-refractivity contribution in [2.45, 2.75) is 51.9 Å². The van der Waals surface area contributed by atoms with Gasteiger partial charge in [-0.25, -0.2) is 4.98 Å². The Morgan fingerprint density at radius 1 is 1.14 bits per heavy atom. The summed E-state index contributed by atoms with van der Waals surface area (Å²) in [6.07, 6.45) is 7.32. The van der Waals surface area contributed by atoms with Crippen molar-refractivity contribution in [3.8, 4) is 17.5 Å². The highest BCUT2D eigenvalue weighted by atomic mass is 79.9. The van der Waals surface area contributed by atoms with Gasteiger partial charge in [0, 0.05) is 33.0 Å². The second-order valence-corrected chi connectivity index (χ2v) is 10.3. The van der Waals surface area contributed by atoms with Crippen LogP contribution < -0.4 is 10.3 Å². The molecule has 0 amide bonds. The Balaban J connectivity index is 1.54. The number of benzene rings is 2. The van der Waals surface area contributed by atoms with Crippen LogP contribution in [-0.4, -0.2) is 27.0 Å². The molecule has 1 saturated carbocycles. The van der Waals surface area contributed by atoms with Gasteiger partial charge in [0.2, 0.25) is 0 Å². The molecular formula is C29H28BrN5O2. The number of hydrogen-bond acceptors (Lipinski definition) is 5. The summed E-state index contributed by atoms with van der Waals surface area (Å²) >= 11 is 3.48. The highest BCUT2D eigenvalue weighted by Gasteiger charge is 2.22. The number of nitrogens with zero attached hydrogens (tertiary/aromatic N) is 5. The van der Waals surface area contributed by atoms with Crippen molar-refractivity contribution >= 4 is 33.0 Å². The molecule has 2 aromatic heterocycles. The first-order valence-electron chi connectivity index (χ1n) is 12.5. The molecule has 2 aromatic carbocycles. The molecule has 188 valence electrons. The van der Waals surface area contributed by atoms with Gasteiger partial charge >= 0.3 is 0 Å². The number of aryl methyl sites for hydroxylation is 1. The first kappa shape index (κ1) is 25.0. The van der Waals surface area contributed by atoms with E-state index in [-0.39, 0.29) is 18.1 Å². The summed E-state index contributed by atoms with van der Waals surface area (Å²) in [5, 5.41) is 14.0. The van der Waals surface area contributed by atoms with Crippen LogP contribution >= 0.6 is 15.9 Å². The molecule has 1 aliphatic carbocycles. The molecule has 0 bridgehead atoms. The summed E-state index contributed by atoms with van der Waals surface area (Å²) in [6, 6.07) is 17.3. The van der Waals surface area contributed by atoms with E-state index in [0.29, 0.717) is 16.7 Å². The van der Waals surface area contributed by atoms with Gasteiger partial charge in [0.15, 0.2) is 6.61 Å². The van der Waals surface area contributed by atoms with Crippen LogP contribution in [0.15, 0.2) is 62.9 Å². The molecule has 0 aliphatic heterocycles. The number of aromatic nitrogens is 3. The van der Waals surface area contributed by atoms with Crippen LogP contribution in [0.5, 0.6) is 5.75 Å². The van der Waals surface area contributed by atoms with Gasteiger partial charge < -0.3 is 9.30 Å². The molecule has 0 spiro atoms. The molecule has 0 saturated heterocycles. The number of rotatable bonds is 6. The number of fused-ring (bicyclic) bond motifs is 1. The largest absolute Gasteiger partial charge is 0.479 e. The Morgan fingerprint density at radius 2 is 1.89 bits per heavy atom. The van der Waals surface area contributed by atoms with Gasteiger partial charge in [-0.1, -0.05) is 35.2 Å². The average molecular weight is 558 g/mol. The lowest BCUT2D eigenvalue weighted by atomic mass is 9.88. The highest BCUT2D eigenvalue weighted by molar-refractivity contribution is 9.10. The van der Waals surface area contributed by atoms with E-state index in [1.807, 2.05) is 62.4 Å². The smallest absolute Gasteiger partial charge is 0.282 e. The van der Waals surface area contributed by atoms with Crippen LogP contribution in [-0.2, 0) is 0 Å². The van der Waals surface area contributed by atoms with E-state index in [0.717, 1.165) is 58.6 Å². The molecule has 37 heavy (non-hydrogen) atoms. The lowest BCUT2D eigenvalue weighted by Gasteiger charge is -2.22.